The summed E-state index contributed by atoms with van der Waals surface area (Å²) in [4.78, 5) is 0. The van der Waals surface area contributed by atoms with Gasteiger partial charge in [-0.15, -0.1) is 0 Å². The predicted octanol–water partition coefficient (Wildman–Crippen LogP) is 2.38. The highest BCUT2D eigenvalue weighted by Gasteiger charge is 2.30. The fraction of sp³-hybridized carbons (Fsp3) is 0.538. The Labute approximate surface area is 115 Å². The summed E-state index contributed by atoms with van der Waals surface area (Å²) >= 11 is 3.42. The third-order valence-corrected chi connectivity index (χ3v) is 3.71. The van der Waals surface area contributed by atoms with E-state index in [1.54, 1.807) is 13.2 Å². The topological polar surface area (TPSA) is 47.9 Å². The Morgan fingerprint density at radius 2 is 2.11 bits per heavy atom. The molecule has 1 heterocycles. The van der Waals surface area contributed by atoms with Gasteiger partial charge < -0.3 is 19.3 Å². The van der Waals surface area contributed by atoms with E-state index >= 15 is 0 Å². The van der Waals surface area contributed by atoms with Crippen molar-refractivity contribution in [1.29, 1.82) is 0 Å². The predicted molar refractivity (Wildman–Crippen MR) is 71.2 cm³/mol. The smallest absolute Gasteiger partial charge is 0.137 e. The van der Waals surface area contributed by atoms with E-state index < -0.39 is 5.60 Å². The molecule has 0 atom stereocenters. The molecule has 0 aliphatic carbocycles. The van der Waals surface area contributed by atoms with E-state index in [4.69, 9.17) is 14.2 Å². The normalized spacial score (nSPS) is 18.4. The Hall–Kier alpha value is -0.780. The van der Waals surface area contributed by atoms with E-state index in [9.17, 15) is 5.11 Å². The van der Waals surface area contributed by atoms with Gasteiger partial charge in [-0.25, -0.2) is 0 Å². The Morgan fingerprint density at radius 1 is 1.39 bits per heavy atom. The highest BCUT2D eigenvalue weighted by molar-refractivity contribution is 9.10. The molecule has 1 aliphatic rings. The van der Waals surface area contributed by atoms with Crippen molar-refractivity contribution < 1.29 is 19.3 Å². The first-order valence-corrected chi connectivity index (χ1v) is 6.69. The highest BCUT2D eigenvalue weighted by Crippen LogP contribution is 2.31. The molecule has 1 fully saturated rings. The lowest BCUT2D eigenvalue weighted by atomic mass is 9.96. The monoisotopic (exact) mass is 316 g/mol. The van der Waals surface area contributed by atoms with Crippen molar-refractivity contribution in [2.75, 3.05) is 26.9 Å². The summed E-state index contributed by atoms with van der Waals surface area (Å²) in [5, 5.41) is 10.3. The summed E-state index contributed by atoms with van der Waals surface area (Å²) in [7, 11) is 1.61. The highest BCUT2D eigenvalue weighted by atomic mass is 79.9. The van der Waals surface area contributed by atoms with E-state index in [2.05, 4.69) is 15.9 Å². The van der Waals surface area contributed by atoms with Crippen molar-refractivity contribution in [1.82, 2.24) is 0 Å². The Kier molecular flexibility index (Phi) is 4.48. The van der Waals surface area contributed by atoms with Crippen LogP contribution in [-0.4, -0.2) is 37.6 Å². The second-order valence-corrected chi connectivity index (χ2v) is 5.28. The van der Waals surface area contributed by atoms with Crippen molar-refractivity contribution in [2.45, 2.75) is 18.4 Å². The quantitative estimate of drug-likeness (QED) is 0.926. The number of aliphatic hydroxyl groups is 1. The maximum absolute atomic E-state index is 10.3. The van der Waals surface area contributed by atoms with Gasteiger partial charge in [0, 0.05) is 32.1 Å². The number of benzene rings is 1. The van der Waals surface area contributed by atoms with Crippen molar-refractivity contribution in [3.05, 3.63) is 22.7 Å². The largest absolute Gasteiger partial charge is 0.497 e. The lowest BCUT2D eigenvalue weighted by Gasteiger charge is -2.31. The van der Waals surface area contributed by atoms with Crippen LogP contribution >= 0.6 is 15.9 Å². The summed E-state index contributed by atoms with van der Waals surface area (Å²) in [6.07, 6.45) is 1.21. The molecule has 1 aliphatic heterocycles. The van der Waals surface area contributed by atoms with E-state index in [1.807, 2.05) is 12.1 Å². The maximum Gasteiger partial charge on any atom is 0.137 e. The Balaban J connectivity index is 2.00. The van der Waals surface area contributed by atoms with Crippen molar-refractivity contribution in [2.24, 2.45) is 0 Å². The molecule has 4 nitrogen and oxygen atoms in total. The van der Waals surface area contributed by atoms with Gasteiger partial charge in [-0.3, -0.25) is 0 Å². The molecule has 2 rings (SSSR count). The Bertz CT molecular complexity index is 402. The molecule has 5 heteroatoms. The van der Waals surface area contributed by atoms with Gasteiger partial charge in [0.05, 0.1) is 11.6 Å². The van der Waals surface area contributed by atoms with Crippen molar-refractivity contribution >= 4 is 15.9 Å². The van der Waals surface area contributed by atoms with Gasteiger partial charge in [-0.05, 0) is 28.1 Å². The zero-order chi connectivity index (χ0) is 13.0. The van der Waals surface area contributed by atoms with Gasteiger partial charge in [-0.1, -0.05) is 0 Å². The van der Waals surface area contributed by atoms with Crippen molar-refractivity contribution in [3.63, 3.8) is 0 Å². The van der Waals surface area contributed by atoms with Crippen LogP contribution in [0.25, 0.3) is 0 Å². The fourth-order valence-corrected chi connectivity index (χ4v) is 2.19. The minimum Gasteiger partial charge on any atom is -0.497 e. The second kappa shape index (κ2) is 5.91. The first-order chi connectivity index (χ1) is 8.63. The standard InChI is InChI=1S/C13H17BrO4/c1-16-10-2-3-11(14)12(8-10)18-9-13(15)4-6-17-7-5-13/h2-3,8,15H,4-7,9H2,1H3. The number of rotatable bonds is 4. The molecule has 0 unspecified atom stereocenters. The van der Waals surface area contributed by atoms with Crippen LogP contribution in [0.4, 0.5) is 0 Å². The molecule has 18 heavy (non-hydrogen) atoms. The molecule has 1 saturated heterocycles. The lowest BCUT2D eigenvalue weighted by molar-refractivity contribution is -0.0856. The molecule has 0 bridgehead atoms. The lowest BCUT2D eigenvalue weighted by Crippen LogP contribution is -2.41. The van der Waals surface area contributed by atoms with Crippen molar-refractivity contribution in [3.8, 4) is 11.5 Å². The SMILES string of the molecule is COc1ccc(Br)c(OCC2(O)CCOCC2)c1. The van der Waals surface area contributed by atoms with E-state index in [0.717, 1.165) is 10.2 Å². The summed E-state index contributed by atoms with van der Waals surface area (Å²) in [5.74, 6) is 1.40. The molecule has 1 aromatic rings. The van der Waals surface area contributed by atoms with Gasteiger partial charge in [0.25, 0.3) is 0 Å². The third kappa shape index (κ3) is 3.37. The molecule has 0 aromatic heterocycles. The third-order valence-electron chi connectivity index (χ3n) is 3.06. The average molecular weight is 317 g/mol. The molecule has 0 spiro atoms. The number of ether oxygens (including phenoxy) is 3. The first kappa shape index (κ1) is 13.6. The van der Waals surface area contributed by atoms with E-state index in [0.29, 0.717) is 31.8 Å². The van der Waals surface area contributed by atoms with Crippen LogP contribution in [0.2, 0.25) is 0 Å². The van der Waals surface area contributed by atoms with Gasteiger partial charge >= 0.3 is 0 Å². The van der Waals surface area contributed by atoms with Gasteiger partial charge in [-0.2, -0.15) is 0 Å². The Morgan fingerprint density at radius 3 is 2.78 bits per heavy atom. The first-order valence-electron chi connectivity index (χ1n) is 5.89. The minimum atomic E-state index is -0.791. The van der Waals surface area contributed by atoms with Crippen LogP contribution in [0.1, 0.15) is 12.8 Å². The molecular formula is C13H17BrO4. The van der Waals surface area contributed by atoms with Crippen LogP contribution in [0.5, 0.6) is 11.5 Å². The molecule has 1 aromatic carbocycles. The maximum atomic E-state index is 10.3. The molecule has 0 radical (unpaired) electrons. The number of hydrogen-bond donors (Lipinski definition) is 1. The molecule has 1 N–H and O–H groups in total. The van der Waals surface area contributed by atoms with Gasteiger partial charge in [0.2, 0.25) is 0 Å². The zero-order valence-corrected chi connectivity index (χ0v) is 11.9. The second-order valence-electron chi connectivity index (χ2n) is 4.42. The summed E-state index contributed by atoms with van der Waals surface area (Å²) in [6, 6.07) is 5.51. The number of hydrogen-bond acceptors (Lipinski definition) is 4. The summed E-state index contributed by atoms with van der Waals surface area (Å²) < 4.78 is 16.9. The number of methoxy groups -OCH3 is 1. The summed E-state index contributed by atoms with van der Waals surface area (Å²) in [6.45, 7) is 1.43. The van der Waals surface area contributed by atoms with E-state index in [-0.39, 0.29) is 6.61 Å². The minimum absolute atomic E-state index is 0.266. The van der Waals surface area contributed by atoms with Crippen LogP contribution in [0.3, 0.4) is 0 Å². The van der Waals surface area contributed by atoms with Gasteiger partial charge in [0.15, 0.2) is 0 Å². The van der Waals surface area contributed by atoms with Crippen LogP contribution in [-0.2, 0) is 4.74 Å². The molecule has 100 valence electrons. The number of halogens is 1. The van der Waals surface area contributed by atoms with Gasteiger partial charge in [0.1, 0.15) is 23.7 Å². The fourth-order valence-electron chi connectivity index (χ4n) is 1.83. The molecular weight excluding hydrogens is 300 g/mol. The summed E-state index contributed by atoms with van der Waals surface area (Å²) in [5.41, 5.74) is -0.791. The molecule has 0 saturated carbocycles. The van der Waals surface area contributed by atoms with E-state index in [1.165, 1.54) is 0 Å². The van der Waals surface area contributed by atoms with Crippen LogP contribution in [0, 0.1) is 0 Å². The molecule has 0 amide bonds. The zero-order valence-electron chi connectivity index (χ0n) is 10.3. The average Bonchev–Trinajstić information content (AvgIpc) is 2.39. The van der Waals surface area contributed by atoms with Crippen LogP contribution < -0.4 is 9.47 Å². The van der Waals surface area contributed by atoms with Crippen LogP contribution in [0.15, 0.2) is 22.7 Å².